The maximum absolute atomic E-state index is 12.9. The number of fused-ring (bicyclic) bond motifs is 1. The van der Waals surface area contributed by atoms with E-state index in [1.807, 2.05) is 18.2 Å². The minimum atomic E-state index is -4.54. The molecular formula is C25H26F3N5O3S. The summed E-state index contributed by atoms with van der Waals surface area (Å²) in [7, 11) is 0. The summed E-state index contributed by atoms with van der Waals surface area (Å²) in [4.78, 5) is 28.7. The predicted molar refractivity (Wildman–Crippen MR) is 132 cm³/mol. The SMILES string of the molecule is CC(C)(C)N(C(=O)O)C(CCc1nnc(-c2ccc3c(c2)CC(=O)N3)s1)Cc1ccc(C(F)(F)F)nc1. The number of aromatic nitrogens is 3. The lowest BCUT2D eigenvalue weighted by atomic mass is 9.96. The van der Waals surface area contributed by atoms with Crippen LogP contribution in [-0.4, -0.2) is 48.8 Å². The molecule has 0 bridgehead atoms. The molecule has 1 unspecified atom stereocenters. The van der Waals surface area contributed by atoms with E-state index >= 15 is 0 Å². The molecule has 4 rings (SSSR count). The second-order valence-corrected chi connectivity index (χ2v) is 10.9. The summed E-state index contributed by atoms with van der Waals surface area (Å²) in [5.41, 5.74) is 1.30. The van der Waals surface area contributed by atoms with Gasteiger partial charge in [0.1, 0.15) is 15.7 Å². The Morgan fingerprint density at radius 1 is 1.19 bits per heavy atom. The van der Waals surface area contributed by atoms with E-state index < -0.39 is 29.5 Å². The predicted octanol–water partition coefficient (Wildman–Crippen LogP) is 5.44. The fraction of sp³-hybridized carbons (Fsp3) is 0.400. The Kier molecular flexibility index (Phi) is 7.22. The molecule has 3 heterocycles. The summed E-state index contributed by atoms with van der Waals surface area (Å²) in [5, 5.41) is 22.7. The van der Waals surface area contributed by atoms with Crippen LogP contribution in [0.1, 0.15) is 49.0 Å². The van der Waals surface area contributed by atoms with Gasteiger partial charge in [0, 0.05) is 35.4 Å². The van der Waals surface area contributed by atoms with Crippen molar-refractivity contribution >= 4 is 29.0 Å². The number of alkyl halides is 3. The van der Waals surface area contributed by atoms with E-state index in [0.29, 0.717) is 34.8 Å². The van der Waals surface area contributed by atoms with Crippen LogP contribution in [-0.2, 0) is 30.2 Å². The fourth-order valence-corrected chi connectivity index (χ4v) is 5.27. The molecule has 12 heteroatoms. The topological polar surface area (TPSA) is 108 Å². The molecular weight excluding hydrogens is 507 g/mol. The number of carbonyl (C=O) groups excluding carboxylic acids is 1. The third-order valence-corrected chi connectivity index (χ3v) is 7.05. The van der Waals surface area contributed by atoms with Gasteiger partial charge in [-0.1, -0.05) is 17.4 Å². The van der Waals surface area contributed by atoms with Gasteiger partial charge in [-0.05, 0) is 69.0 Å². The second kappa shape index (κ2) is 10.1. The van der Waals surface area contributed by atoms with Crippen LogP contribution in [0.3, 0.4) is 0 Å². The van der Waals surface area contributed by atoms with Crippen molar-refractivity contribution in [3.63, 3.8) is 0 Å². The number of amides is 2. The number of anilines is 1. The van der Waals surface area contributed by atoms with Gasteiger partial charge in [0.15, 0.2) is 0 Å². The van der Waals surface area contributed by atoms with Crippen molar-refractivity contribution in [2.45, 2.75) is 64.2 Å². The van der Waals surface area contributed by atoms with Crippen molar-refractivity contribution < 1.29 is 27.9 Å². The highest BCUT2D eigenvalue weighted by Gasteiger charge is 2.35. The molecule has 0 spiro atoms. The van der Waals surface area contributed by atoms with Crippen molar-refractivity contribution in [3.05, 3.63) is 58.4 Å². The number of halogens is 3. The summed E-state index contributed by atoms with van der Waals surface area (Å²) in [6.07, 6.45) is -3.18. The lowest BCUT2D eigenvalue weighted by Gasteiger charge is -2.40. The van der Waals surface area contributed by atoms with Gasteiger partial charge < -0.3 is 15.3 Å². The second-order valence-electron chi connectivity index (χ2n) is 9.87. The first kappa shape index (κ1) is 26.5. The molecule has 8 nitrogen and oxygen atoms in total. The van der Waals surface area contributed by atoms with E-state index in [9.17, 15) is 27.9 Å². The Morgan fingerprint density at radius 3 is 2.57 bits per heavy atom. The van der Waals surface area contributed by atoms with Crippen LogP contribution in [0.25, 0.3) is 10.6 Å². The highest BCUT2D eigenvalue weighted by molar-refractivity contribution is 7.14. The summed E-state index contributed by atoms with van der Waals surface area (Å²) < 4.78 is 38.7. The molecule has 2 N–H and O–H groups in total. The van der Waals surface area contributed by atoms with Gasteiger partial charge in [-0.2, -0.15) is 13.2 Å². The van der Waals surface area contributed by atoms with Gasteiger partial charge in [-0.3, -0.25) is 9.78 Å². The number of carboxylic acid groups (broad SMARTS) is 1. The van der Waals surface area contributed by atoms with Gasteiger partial charge in [-0.15, -0.1) is 10.2 Å². The van der Waals surface area contributed by atoms with Crippen LogP contribution < -0.4 is 5.32 Å². The zero-order valence-electron chi connectivity index (χ0n) is 20.5. The minimum absolute atomic E-state index is 0.0544. The summed E-state index contributed by atoms with van der Waals surface area (Å²) in [6.45, 7) is 5.32. The van der Waals surface area contributed by atoms with Crippen molar-refractivity contribution in [3.8, 4) is 10.6 Å². The van der Waals surface area contributed by atoms with E-state index in [1.54, 1.807) is 20.8 Å². The Morgan fingerprint density at radius 2 is 1.95 bits per heavy atom. The maximum atomic E-state index is 12.9. The van der Waals surface area contributed by atoms with Crippen LogP contribution in [0.4, 0.5) is 23.7 Å². The number of hydrogen-bond donors (Lipinski definition) is 2. The molecule has 1 aliphatic heterocycles. The normalized spacial score (nSPS) is 14.3. The van der Waals surface area contributed by atoms with E-state index in [4.69, 9.17) is 0 Å². The molecule has 0 aliphatic carbocycles. The first-order valence-electron chi connectivity index (χ1n) is 11.6. The number of nitrogens with one attached hydrogen (secondary N) is 1. The Bertz CT molecular complexity index is 1300. The van der Waals surface area contributed by atoms with Crippen LogP contribution in [0, 0.1) is 0 Å². The van der Waals surface area contributed by atoms with Crippen molar-refractivity contribution in [1.29, 1.82) is 0 Å². The molecule has 1 aromatic carbocycles. The first-order chi connectivity index (χ1) is 17.3. The zero-order chi connectivity index (χ0) is 27.0. The molecule has 2 aromatic heterocycles. The number of rotatable bonds is 7. The lowest BCUT2D eigenvalue weighted by Crippen LogP contribution is -2.52. The van der Waals surface area contributed by atoms with Crippen LogP contribution in [0.2, 0.25) is 0 Å². The lowest BCUT2D eigenvalue weighted by molar-refractivity contribution is -0.141. The van der Waals surface area contributed by atoms with E-state index in [0.717, 1.165) is 29.1 Å². The van der Waals surface area contributed by atoms with Gasteiger partial charge in [0.25, 0.3) is 0 Å². The largest absolute Gasteiger partial charge is 0.465 e. The van der Waals surface area contributed by atoms with E-state index in [1.165, 1.54) is 22.3 Å². The molecule has 1 atom stereocenters. The molecule has 2 amide bonds. The van der Waals surface area contributed by atoms with Crippen LogP contribution >= 0.6 is 11.3 Å². The van der Waals surface area contributed by atoms with Gasteiger partial charge in [0.2, 0.25) is 5.91 Å². The Labute approximate surface area is 215 Å². The number of pyridine rings is 1. The average molecular weight is 534 g/mol. The smallest absolute Gasteiger partial charge is 0.433 e. The number of benzene rings is 1. The molecule has 3 aromatic rings. The maximum Gasteiger partial charge on any atom is 0.433 e. The van der Waals surface area contributed by atoms with Gasteiger partial charge >= 0.3 is 12.3 Å². The highest BCUT2D eigenvalue weighted by Crippen LogP contribution is 2.32. The first-order valence-corrected chi connectivity index (χ1v) is 12.4. The van der Waals surface area contributed by atoms with Gasteiger partial charge in [0.05, 0.1) is 6.42 Å². The molecule has 0 fully saturated rings. The van der Waals surface area contributed by atoms with Crippen molar-refractivity contribution in [2.75, 3.05) is 5.32 Å². The monoisotopic (exact) mass is 533 g/mol. The average Bonchev–Trinajstić information content (AvgIpc) is 3.41. The van der Waals surface area contributed by atoms with Crippen molar-refractivity contribution in [2.24, 2.45) is 0 Å². The quantitative estimate of drug-likeness (QED) is 0.419. The number of aryl methyl sites for hydroxylation is 1. The third kappa shape index (κ3) is 6.24. The molecule has 1 aliphatic rings. The zero-order valence-corrected chi connectivity index (χ0v) is 21.3. The number of hydrogen-bond acceptors (Lipinski definition) is 6. The van der Waals surface area contributed by atoms with Crippen LogP contribution in [0.5, 0.6) is 0 Å². The van der Waals surface area contributed by atoms with E-state index in [-0.39, 0.29) is 12.3 Å². The fourth-order valence-electron chi connectivity index (χ4n) is 4.42. The molecule has 37 heavy (non-hydrogen) atoms. The summed E-state index contributed by atoms with van der Waals surface area (Å²) >= 11 is 1.38. The summed E-state index contributed by atoms with van der Waals surface area (Å²) in [5.74, 6) is -0.0544. The van der Waals surface area contributed by atoms with Gasteiger partial charge in [-0.25, -0.2) is 4.79 Å². The standard InChI is InChI=1S/C25H26F3N5O3S/c1-24(2,3)33(23(35)36)17(10-14-4-8-19(29-13-14)25(26,27)28)6-9-21-31-32-22(37-21)15-5-7-18-16(11-15)12-20(34)30-18/h4-5,7-8,11,13,17H,6,9-10,12H2,1-3H3,(H,30,34)(H,35,36). The van der Waals surface area contributed by atoms with Crippen LogP contribution in [0.15, 0.2) is 36.5 Å². The summed E-state index contributed by atoms with van der Waals surface area (Å²) in [6, 6.07) is 7.32. The van der Waals surface area contributed by atoms with E-state index in [2.05, 4.69) is 20.5 Å². The minimum Gasteiger partial charge on any atom is -0.465 e. The number of carbonyl (C=O) groups is 2. The molecule has 0 radical (unpaired) electrons. The molecule has 0 saturated heterocycles. The molecule has 0 saturated carbocycles. The highest BCUT2D eigenvalue weighted by atomic mass is 32.1. The number of nitrogens with zero attached hydrogens (tertiary/aromatic N) is 4. The Hall–Kier alpha value is -3.54. The Balaban J connectivity index is 1.52. The molecule has 196 valence electrons. The third-order valence-electron chi connectivity index (χ3n) is 6.02. The van der Waals surface area contributed by atoms with Crippen molar-refractivity contribution in [1.82, 2.24) is 20.1 Å².